The number of carbonyl (C=O) groups is 10. The number of anilines is 3. The van der Waals surface area contributed by atoms with Crippen LogP contribution in [0, 0.1) is 12.7 Å². The van der Waals surface area contributed by atoms with Gasteiger partial charge >= 0.3 is 11.9 Å². The average molecular weight is 1440 g/mol. The second-order valence-electron chi connectivity index (χ2n) is 24.1. The van der Waals surface area contributed by atoms with Gasteiger partial charge in [-0.2, -0.15) is 18.6 Å². The van der Waals surface area contributed by atoms with Gasteiger partial charge in [0.2, 0.25) is 35.4 Å². The largest absolute Gasteiger partial charge is 0.480 e. The van der Waals surface area contributed by atoms with E-state index in [2.05, 4.69) is 58.1 Å². The number of nitrogens with zero attached hydrogens (tertiary/aromatic N) is 3. The van der Waals surface area contributed by atoms with Crippen molar-refractivity contribution < 1.29 is 80.3 Å². The number of aromatic carboxylic acids is 1. The van der Waals surface area contributed by atoms with E-state index in [-0.39, 0.29) is 106 Å². The standard InChI is InChI=1S/C72H82FN13O16S/c1-44-11-6-12-45(37-44)39-60(82-67(91)55-30-27-51(40-56(55)73)80-64(88)20-10-34-78-68(92)57(74)31-32-63(87)76-36-35-75-58-18-8-16-54-53(58)15-9-19-62(54)103(99,100)101)70(94)83-61(43-102-42-46-13-7-14-48(38-46)71(95)96)69(93)79-41-65(89)81-59(72(97)98)17-4-5-33-77-66(90)47-21-23-49(24-22-47)84-85-50-25-28-52(29-26-50)86(2)3/h6-9,11-16,18-19,21-30,37-38,40,57,59-61,75H,4-5,10,17,20,31-36,39,41-43,74H2,1-3H3,(H,76,87)(H,77,90)(H,78,92)(H,79,93)(H,80,88)(H,81,89)(H,82,91)(H,83,94)(H,95,96)(H,97,98)(H,99,100,101)/b85-84+/t57?,59-,60-,61-/m0/s1. The van der Waals surface area contributed by atoms with Gasteiger partial charge < -0.3 is 73.4 Å². The average Bonchev–Trinajstić information content (AvgIpc) is 0.787. The third-order valence-corrected chi connectivity index (χ3v) is 16.8. The van der Waals surface area contributed by atoms with Crippen LogP contribution >= 0.6 is 0 Å². The number of aryl methyl sites for hydroxylation is 1. The topological polar surface area (TPSA) is 437 Å². The highest BCUT2D eigenvalue weighted by molar-refractivity contribution is 7.86. The Morgan fingerprint density at radius 2 is 1.26 bits per heavy atom. The van der Waals surface area contributed by atoms with Gasteiger partial charge in [0, 0.05) is 92.9 Å². The molecule has 0 aromatic heterocycles. The summed E-state index contributed by atoms with van der Waals surface area (Å²) in [6.07, 6.45) is 0.257. The van der Waals surface area contributed by atoms with E-state index in [1.54, 1.807) is 85.8 Å². The van der Waals surface area contributed by atoms with E-state index in [1.807, 2.05) is 43.3 Å². The highest BCUT2D eigenvalue weighted by Gasteiger charge is 2.30. The first-order valence-electron chi connectivity index (χ1n) is 32.8. The van der Waals surface area contributed by atoms with E-state index in [4.69, 9.17) is 10.5 Å². The Balaban J connectivity index is 0.874. The van der Waals surface area contributed by atoms with Gasteiger partial charge in [0.1, 0.15) is 28.8 Å². The van der Waals surface area contributed by atoms with Crippen LogP contribution in [0.25, 0.3) is 10.8 Å². The molecule has 31 heteroatoms. The molecule has 0 saturated carbocycles. The van der Waals surface area contributed by atoms with Crippen molar-refractivity contribution in [2.75, 3.05) is 69.0 Å². The van der Waals surface area contributed by atoms with Crippen molar-refractivity contribution in [3.63, 3.8) is 0 Å². The monoisotopic (exact) mass is 1440 g/mol. The van der Waals surface area contributed by atoms with Gasteiger partial charge in [0.15, 0.2) is 0 Å². The fourth-order valence-electron chi connectivity index (χ4n) is 10.4. The van der Waals surface area contributed by atoms with E-state index in [1.165, 1.54) is 36.4 Å². The Labute approximate surface area is 593 Å². The number of ether oxygens (including phenoxy) is 1. The van der Waals surface area contributed by atoms with Crippen LogP contribution in [0.15, 0.2) is 167 Å². The van der Waals surface area contributed by atoms with Crippen LogP contribution in [0.4, 0.5) is 32.8 Å². The number of hydrogen-bond donors (Lipinski definition) is 13. The lowest BCUT2D eigenvalue weighted by molar-refractivity contribution is -0.142. The molecular formula is C72H82FN13O16S. The molecule has 0 aliphatic rings. The third-order valence-electron chi connectivity index (χ3n) is 15.9. The molecule has 1 unspecified atom stereocenters. The maximum atomic E-state index is 15.9. The molecule has 0 saturated heterocycles. The van der Waals surface area contributed by atoms with Crippen molar-refractivity contribution in [1.82, 2.24) is 37.2 Å². The van der Waals surface area contributed by atoms with Gasteiger partial charge in [-0.05, 0) is 141 Å². The maximum Gasteiger partial charge on any atom is 0.335 e. The molecule has 0 bridgehead atoms. The van der Waals surface area contributed by atoms with Crippen LogP contribution < -0.4 is 58.5 Å². The lowest BCUT2D eigenvalue weighted by Crippen LogP contribution is -2.56. The number of aliphatic carboxylic acids is 1. The zero-order valence-corrected chi connectivity index (χ0v) is 57.5. The van der Waals surface area contributed by atoms with Crippen molar-refractivity contribution in [3.8, 4) is 0 Å². The number of carboxylic acid groups (broad SMARTS) is 2. The Morgan fingerprint density at radius 3 is 1.95 bits per heavy atom. The lowest BCUT2D eigenvalue weighted by atomic mass is 10.0. The molecule has 0 fully saturated rings. The molecule has 4 atom stereocenters. The number of halogens is 1. The van der Waals surface area contributed by atoms with Crippen LogP contribution in [-0.4, -0.2) is 160 Å². The van der Waals surface area contributed by atoms with Crippen molar-refractivity contribution in [2.24, 2.45) is 16.0 Å². The van der Waals surface area contributed by atoms with Crippen LogP contribution in [-0.2, 0) is 61.4 Å². The third kappa shape index (κ3) is 25.5. The predicted octanol–water partition coefficient (Wildman–Crippen LogP) is 6.21. The van der Waals surface area contributed by atoms with Gasteiger partial charge in [-0.1, -0.05) is 66.2 Å². The molecule has 8 amide bonds. The second-order valence-corrected chi connectivity index (χ2v) is 25.5. The Bertz CT molecular complexity index is 4330. The fourth-order valence-corrected chi connectivity index (χ4v) is 11.1. The number of hydrogen-bond acceptors (Lipinski definition) is 18. The summed E-state index contributed by atoms with van der Waals surface area (Å²) in [7, 11) is -0.603. The molecule has 0 radical (unpaired) electrons. The molecule has 544 valence electrons. The van der Waals surface area contributed by atoms with Gasteiger partial charge in [-0.15, -0.1) is 0 Å². The zero-order valence-electron chi connectivity index (χ0n) is 56.7. The van der Waals surface area contributed by atoms with Crippen molar-refractivity contribution in [1.29, 1.82) is 0 Å². The smallest absolute Gasteiger partial charge is 0.335 e. The number of azo groups is 1. The summed E-state index contributed by atoms with van der Waals surface area (Å²) in [5, 5.41) is 52.4. The Kier molecular flexibility index (Phi) is 29.7. The van der Waals surface area contributed by atoms with Crippen LogP contribution in [0.1, 0.15) is 92.7 Å². The summed E-state index contributed by atoms with van der Waals surface area (Å²) in [4.78, 5) is 132. The van der Waals surface area contributed by atoms with Crippen LogP contribution in [0.2, 0.25) is 0 Å². The van der Waals surface area contributed by atoms with Gasteiger partial charge in [-0.3, -0.25) is 42.9 Å². The number of fused-ring (bicyclic) bond motifs is 1. The van der Waals surface area contributed by atoms with Gasteiger partial charge in [0.25, 0.3) is 21.9 Å². The molecule has 103 heavy (non-hydrogen) atoms. The molecule has 14 N–H and O–H groups in total. The highest BCUT2D eigenvalue weighted by atomic mass is 32.2. The summed E-state index contributed by atoms with van der Waals surface area (Å²) in [5.74, 6) is -9.52. The molecule has 0 aliphatic heterocycles. The number of nitrogens with two attached hydrogens (primary N) is 1. The lowest BCUT2D eigenvalue weighted by Gasteiger charge is -2.24. The van der Waals surface area contributed by atoms with Crippen LogP contribution in [0.5, 0.6) is 0 Å². The molecule has 0 aliphatic carbocycles. The predicted molar refractivity (Wildman–Crippen MR) is 381 cm³/mol. The molecule has 7 rings (SSSR count). The van der Waals surface area contributed by atoms with Gasteiger partial charge in [-0.25, -0.2) is 14.0 Å². The zero-order chi connectivity index (χ0) is 74.6. The molecule has 0 spiro atoms. The first kappa shape index (κ1) is 78.8. The van der Waals surface area contributed by atoms with Crippen molar-refractivity contribution in [2.45, 2.75) is 94.0 Å². The molecule has 7 aromatic carbocycles. The van der Waals surface area contributed by atoms with E-state index >= 15 is 4.39 Å². The summed E-state index contributed by atoms with van der Waals surface area (Å²) in [6.45, 7) is 0.809. The summed E-state index contributed by atoms with van der Waals surface area (Å²) in [6, 6.07) is 33.6. The van der Waals surface area contributed by atoms with Gasteiger partial charge in [0.05, 0.1) is 48.3 Å². The normalized spacial score (nSPS) is 12.4. The Morgan fingerprint density at radius 1 is 0.583 bits per heavy atom. The number of carbonyl (C=O) groups excluding carboxylic acids is 8. The first-order chi connectivity index (χ1) is 49.2. The summed E-state index contributed by atoms with van der Waals surface area (Å²) >= 11 is 0. The van der Waals surface area contributed by atoms with E-state index in [0.29, 0.717) is 50.9 Å². The molecule has 29 nitrogen and oxygen atoms in total. The second kappa shape index (κ2) is 38.9. The van der Waals surface area contributed by atoms with Crippen molar-refractivity contribution in [3.05, 3.63) is 191 Å². The van der Waals surface area contributed by atoms with Crippen LogP contribution in [0.3, 0.4) is 0 Å². The molecule has 7 aromatic rings. The SMILES string of the molecule is Cc1cccc(C[C@H](NC(=O)c2ccc(NC(=O)CCCNC(=O)C(N)CCC(=O)NCCNc3cccc4c(S(=O)(=O)O)cccc34)cc2F)C(=O)N[C@@H](COCc2cccc(C(=O)O)c2)C(=O)NCC(=O)N[C@@H](CCCCNC(=O)c2ccc(/N=N/c3ccc(N(C)C)cc3)cc2)C(=O)O)c1. The summed E-state index contributed by atoms with van der Waals surface area (Å²) in [5.41, 5.74) is 10.2. The van der Waals surface area contributed by atoms with E-state index in [9.17, 15) is 71.1 Å². The first-order valence-corrected chi connectivity index (χ1v) is 34.2. The Hall–Kier alpha value is -11.5. The quantitative estimate of drug-likeness (QED) is 0.0116. The maximum absolute atomic E-state index is 15.9. The van der Waals surface area contributed by atoms with E-state index < -0.39 is 106 Å². The van der Waals surface area contributed by atoms with Crippen molar-refractivity contribution >= 4 is 109 Å². The minimum absolute atomic E-state index is 0.00120. The summed E-state index contributed by atoms with van der Waals surface area (Å²) < 4.78 is 55.0. The molecule has 0 heterocycles. The minimum Gasteiger partial charge on any atom is -0.480 e. The number of unbranched alkanes of at least 4 members (excludes halogenated alkanes) is 1. The number of rotatable bonds is 39. The number of benzene rings is 7. The molecular weight excluding hydrogens is 1350 g/mol. The van der Waals surface area contributed by atoms with E-state index in [0.717, 1.165) is 23.4 Å². The fraction of sp³-hybridized carbons (Fsp3) is 0.306. The number of amides is 8. The minimum atomic E-state index is -4.46. The number of nitrogens with one attached hydrogen (secondary N) is 9. The number of carboxylic acids is 2. The highest BCUT2D eigenvalue weighted by Crippen LogP contribution is 2.29.